The number of hydrogen-bond donors (Lipinski definition) is 1. The summed E-state index contributed by atoms with van der Waals surface area (Å²) in [6.45, 7) is 0. The monoisotopic (exact) mass is 395 g/mol. The van der Waals surface area contributed by atoms with Crippen LogP contribution in [0.25, 0.3) is 33.0 Å². The molecule has 1 heteroatoms. The number of rotatable bonds is 3. The molecule has 5 aromatic rings. The first-order chi connectivity index (χ1) is 15.3. The molecule has 1 aliphatic carbocycles. The van der Waals surface area contributed by atoms with Gasteiger partial charge in [0, 0.05) is 11.1 Å². The Morgan fingerprint density at radius 2 is 1.16 bits per heavy atom. The molecule has 0 aliphatic heterocycles. The first-order valence-electron chi connectivity index (χ1n) is 10.7. The molecular formula is C30H21N. The van der Waals surface area contributed by atoms with Gasteiger partial charge in [0.15, 0.2) is 0 Å². The van der Waals surface area contributed by atoms with Gasteiger partial charge in [0.25, 0.3) is 0 Å². The third kappa shape index (κ3) is 2.90. The second-order valence-electron chi connectivity index (χ2n) is 8.15. The molecule has 0 bridgehead atoms. The Morgan fingerprint density at radius 1 is 0.548 bits per heavy atom. The fraction of sp³-hybridized carbons (Fsp3) is 0.0333. The molecule has 0 saturated heterocycles. The minimum absolute atomic E-state index is 0.564. The third-order valence-electron chi connectivity index (χ3n) is 6.36. The van der Waals surface area contributed by atoms with Crippen LogP contribution in [-0.4, -0.2) is 5.71 Å². The van der Waals surface area contributed by atoms with Gasteiger partial charge in [-0.3, -0.25) is 5.41 Å². The van der Waals surface area contributed by atoms with Gasteiger partial charge in [0.1, 0.15) is 0 Å². The van der Waals surface area contributed by atoms with E-state index in [2.05, 4.69) is 78.9 Å². The van der Waals surface area contributed by atoms with Crippen molar-refractivity contribution in [2.24, 2.45) is 0 Å². The van der Waals surface area contributed by atoms with E-state index < -0.39 is 0 Å². The Bertz CT molecular complexity index is 1460. The number of fused-ring (bicyclic) bond motifs is 4. The van der Waals surface area contributed by atoms with Gasteiger partial charge in [-0.05, 0) is 62.7 Å². The van der Waals surface area contributed by atoms with E-state index in [9.17, 15) is 0 Å². The van der Waals surface area contributed by atoms with Gasteiger partial charge in [-0.15, -0.1) is 0 Å². The van der Waals surface area contributed by atoms with E-state index in [0.29, 0.717) is 5.71 Å². The molecule has 0 heterocycles. The summed E-state index contributed by atoms with van der Waals surface area (Å²) in [5, 5.41) is 11.4. The number of benzene rings is 5. The summed E-state index contributed by atoms with van der Waals surface area (Å²) in [5.41, 5.74) is 10.2. The first-order valence-corrected chi connectivity index (χ1v) is 10.7. The quantitative estimate of drug-likeness (QED) is 0.300. The van der Waals surface area contributed by atoms with Gasteiger partial charge >= 0.3 is 0 Å². The molecule has 31 heavy (non-hydrogen) atoms. The van der Waals surface area contributed by atoms with Crippen LogP contribution < -0.4 is 0 Å². The lowest BCUT2D eigenvalue weighted by Gasteiger charge is -2.16. The Morgan fingerprint density at radius 3 is 1.97 bits per heavy atom. The van der Waals surface area contributed by atoms with Crippen LogP contribution >= 0.6 is 0 Å². The molecule has 6 rings (SSSR count). The SMILES string of the molecule is N=C(c1ccccc1)c1cc2ccccc2cc1-c1cccc2c1Cc1ccccc1-2. The molecule has 0 spiro atoms. The molecule has 0 unspecified atom stereocenters. The van der Waals surface area contributed by atoms with Crippen molar-refractivity contribution in [1.29, 1.82) is 5.41 Å². The van der Waals surface area contributed by atoms with E-state index in [4.69, 9.17) is 5.41 Å². The van der Waals surface area contributed by atoms with Crippen molar-refractivity contribution >= 4 is 16.5 Å². The summed E-state index contributed by atoms with van der Waals surface area (Å²) >= 11 is 0. The van der Waals surface area contributed by atoms with E-state index >= 15 is 0 Å². The summed E-state index contributed by atoms with van der Waals surface area (Å²) in [7, 11) is 0. The van der Waals surface area contributed by atoms with Gasteiger partial charge in [-0.1, -0.05) is 97.1 Å². The zero-order valence-electron chi connectivity index (χ0n) is 17.1. The Hall–Kier alpha value is -3.97. The highest BCUT2D eigenvalue weighted by Crippen LogP contribution is 2.43. The molecule has 0 aromatic heterocycles. The fourth-order valence-electron chi connectivity index (χ4n) is 4.84. The summed E-state index contributed by atoms with van der Waals surface area (Å²) in [5.74, 6) is 0. The fourth-order valence-corrected chi connectivity index (χ4v) is 4.84. The van der Waals surface area contributed by atoms with Crippen molar-refractivity contribution in [2.45, 2.75) is 6.42 Å². The molecule has 1 N–H and O–H groups in total. The molecule has 0 radical (unpaired) electrons. The van der Waals surface area contributed by atoms with Crippen LogP contribution in [0.3, 0.4) is 0 Å². The lowest BCUT2D eigenvalue weighted by atomic mass is 9.87. The van der Waals surface area contributed by atoms with Crippen molar-refractivity contribution < 1.29 is 0 Å². The maximum Gasteiger partial charge on any atom is 0.0690 e. The highest BCUT2D eigenvalue weighted by molar-refractivity contribution is 6.16. The zero-order chi connectivity index (χ0) is 20.8. The van der Waals surface area contributed by atoms with E-state index in [1.165, 1.54) is 33.2 Å². The van der Waals surface area contributed by atoms with E-state index in [0.717, 1.165) is 28.5 Å². The molecule has 1 aliphatic rings. The van der Waals surface area contributed by atoms with Crippen LogP contribution in [0.15, 0.2) is 109 Å². The minimum atomic E-state index is 0.564. The zero-order valence-corrected chi connectivity index (χ0v) is 17.1. The molecule has 0 atom stereocenters. The molecule has 146 valence electrons. The maximum absolute atomic E-state index is 9.06. The Kier molecular flexibility index (Phi) is 4.07. The molecule has 0 saturated carbocycles. The normalized spacial score (nSPS) is 11.9. The van der Waals surface area contributed by atoms with E-state index in [-0.39, 0.29) is 0 Å². The number of hydrogen-bond acceptors (Lipinski definition) is 1. The van der Waals surface area contributed by atoms with Gasteiger partial charge < -0.3 is 0 Å². The predicted octanol–water partition coefficient (Wildman–Crippen LogP) is 7.49. The summed E-state index contributed by atoms with van der Waals surface area (Å²) in [6, 6.07) is 38.2. The first kappa shape index (κ1) is 17.9. The van der Waals surface area contributed by atoms with Crippen LogP contribution in [0.1, 0.15) is 22.3 Å². The largest absolute Gasteiger partial charge is 0.300 e. The highest BCUT2D eigenvalue weighted by atomic mass is 14.4. The van der Waals surface area contributed by atoms with Crippen LogP contribution in [0.5, 0.6) is 0 Å². The van der Waals surface area contributed by atoms with Gasteiger partial charge in [-0.2, -0.15) is 0 Å². The maximum atomic E-state index is 9.06. The Balaban J connectivity index is 1.61. The van der Waals surface area contributed by atoms with Crippen molar-refractivity contribution in [1.82, 2.24) is 0 Å². The average molecular weight is 396 g/mol. The lowest BCUT2D eigenvalue weighted by Crippen LogP contribution is -2.04. The van der Waals surface area contributed by atoms with Crippen molar-refractivity contribution in [2.75, 3.05) is 0 Å². The molecular weight excluding hydrogens is 374 g/mol. The van der Waals surface area contributed by atoms with Crippen LogP contribution in [0.2, 0.25) is 0 Å². The van der Waals surface area contributed by atoms with E-state index in [1.54, 1.807) is 0 Å². The summed E-state index contributed by atoms with van der Waals surface area (Å²) < 4.78 is 0. The van der Waals surface area contributed by atoms with Crippen molar-refractivity contribution in [3.05, 3.63) is 131 Å². The van der Waals surface area contributed by atoms with Gasteiger partial charge in [0.05, 0.1) is 5.71 Å². The minimum Gasteiger partial charge on any atom is -0.300 e. The standard InChI is InChI=1S/C30H21N/c31-30(20-9-2-1-3-10-20)29-18-22-12-5-4-11-21(22)17-28(29)26-16-8-15-25-24-14-7-6-13-23(24)19-27(25)26/h1-18,31H,19H2. The predicted molar refractivity (Wildman–Crippen MR) is 130 cm³/mol. The lowest BCUT2D eigenvalue weighted by molar-refractivity contribution is 1.26. The molecule has 5 aromatic carbocycles. The molecule has 1 nitrogen and oxygen atoms in total. The Labute approximate surface area is 182 Å². The van der Waals surface area contributed by atoms with Crippen LogP contribution in [0.4, 0.5) is 0 Å². The topological polar surface area (TPSA) is 23.9 Å². The second-order valence-corrected chi connectivity index (χ2v) is 8.15. The average Bonchev–Trinajstić information content (AvgIpc) is 3.22. The van der Waals surface area contributed by atoms with Gasteiger partial charge in [0.2, 0.25) is 0 Å². The molecule has 0 fully saturated rings. The van der Waals surface area contributed by atoms with Crippen molar-refractivity contribution in [3.63, 3.8) is 0 Å². The highest BCUT2D eigenvalue weighted by Gasteiger charge is 2.23. The van der Waals surface area contributed by atoms with Crippen molar-refractivity contribution in [3.8, 4) is 22.3 Å². The second kappa shape index (κ2) is 7.07. The number of nitrogens with one attached hydrogen (secondary N) is 1. The van der Waals surface area contributed by atoms with E-state index in [1.807, 2.05) is 30.3 Å². The van der Waals surface area contributed by atoms with Gasteiger partial charge in [-0.25, -0.2) is 0 Å². The third-order valence-corrected chi connectivity index (χ3v) is 6.36. The summed E-state index contributed by atoms with van der Waals surface area (Å²) in [6.07, 6.45) is 0.937. The molecule has 0 amide bonds. The van der Waals surface area contributed by atoms with Crippen LogP contribution in [0, 0.1) is 5.41 Å². The smallest absolute Gasteiger partial charge is 0.0690 e. The summed E-state index contributed by atoms with van der Waals surface area (Å²) in [4.78, 5) is 0. The van der Waals surface area contributed by atoms with Crippen LogP contribution in [-0.2, 0) is 6.42 Å².